The van der Waals surface area contributed by atoms with Crippen LogP contribution in [-0.2, 0) is 27.9 Å². The number of aromatic nitrogens is 2. The second-order valence-corrected chi connectivity index (χ2v) is 10.8. The highest BCUT2D eigenvalue weighted by Crippen LogP contribution is 2.33. The third-order valence-corrected chi connectivity index (χ3v) is 8.41. The molecule has 1 aliphatic rings. The number of carbonyl (C=O) groups is 1. The van der Waals surface area contributed by atoms with Crippen molar-refractivity contribution in [3.8, 4) is 0 Å². The summed E-state index contributed by atoms with van der Waals surface area (Å²) in [5, 5.41) is 15.3. The van der Waals surface area contributed by atoms with Crippen LogP contribution in [0.25, 0.3) is 10.9 Å². The number of thiazole rings is 1. The summed E-state index contributed by atoms with van der Waals surface area (Å²) in [5.41, 5.74) is 0.592. The number of para-hydroxylation sites is 1. The van der Waals surface area contributed by atoms with E-state index in [2.05, 4.69) is 9.71 Å². The monoisotopic (exact) mass is 536 g/mol. The highest BCUT2D eigenvalue weighted by atomic mass is 35.5. The minimum absolute atomic E-state index is 0. The number of rotatable bonds is 6. The number of anilines is 1. The van der Waals surface area contributed by atoms with Gasteiger partial charge in [-0.3, -0.25) is 9.52 Å². The molecule has 1 amide bonds. The quantitative estimate of drug-likeness (QED) is 0.386. The maximum Gasteiger partial charge on any atom is 0.242 e. The van der Waals surface area contributed by atoms with Gasteiger partial charge in [0.1, 0.15) is 6.54 Å². The average molecular weight is 537 g/mol. The largest absolute Gasteiger partial charge is 0.412 e. The van der Waals surface area contributed by atoms with Crippen molar-refractivity contribution in [2.24, 2.45) is 0 Å². The lowest BCUT2D eigenvalue weighted by Crippen LogP contribution is -2.46. The van der Waals surface area contributed by atoms with Gasteiger partial charge in [0.15, 0.2) is 16.1 Å². The molecule has 2 aromatic heterocycles. The van der Waals surface area contributed by atoms with E-state index >= 15 is 0 Å². The van der Waals surface area contributed by atoms with Crippen molar-refractivity contribution in [1.82, 2.24) is 14.5 Å². The van der Waals surface area contributed by atoms with Crippen LogP contribution in [0.5, 0.6) is 0 Å². The SMILES string of the molecule is O.O=C(Cn1ccc2cccc(Cl)c21)N1CCC(O)(c2ccc(S(=O)Nc3nccs3)cc2)CC1.[HH].[HH]. The molecule has 1 saturated heterocycles. The summed E-state index contributed by atoms with van der Waals surface area (Å²) < 4.78 is 17.2. The number of nitrogens with one attached hydrogen (secondary N) is 1. The summed E-state index contributed by atoms with van der Waals surface area (Å²) >= 11 is 7.72. The van der Waals surface area contributed by atoms with E-state index < -0.39 is 16.6 Å². The predicted octanol–water partition coefficient (Wildman–Crippen LogP) is 4.06. The Bertz CT molecular complexity index is 1340. The maximum atomic E-state index is 13.0. The molecular formula is C24H29ClN4O4S2. The molecule has 11 heteroatoms. The van der Waals surface area contributed by atoms with Gasteiger partial charge in [-0.2, -0.15) is 0 Å². The van der Waals surface area contributed by atoms with E-state index in [-0.39, 0.29) is 20.8 Å². The smallest absolute Gasteiger partial charge is 0.242 e. The second-order valence-electron chi connectivity index (χ2n) is 8.27. The topological polar surface area (TPSA) is 119 Å². The lowest BCUT2D eigenvalue weighted by Gasteiger charge is -2.38. The third-order valence-electron chi connectivity index (χ3n) is 6.21. The number of nitrogens with zero attached hydrogens (tertiary/aromatic N) is 3. The average Bonchev–Trinajstić information content (AvgIpc) is 3.50. The van der Waals surface area contributed by atoms with Gasteiger partial charge in [0.25, 0.3) is 0 Å². The van der Waals surface area contributed by atoms with Gasteiger partial charge in [0, 0.05) is 39.1 Å². The van der Waals surface area contributed by atoms with E-state index in [4.69, 9.17) is 11.6 Å². The molecule has 1 aliphatic heterocycles. The van der Waals surface area contributed by atoms with Crippen LogP contribution in [0.4, 0.5) is 5.13 Å². The van der Waals surface area contributed by atoms with Gasteiger partial charge in [-0.25, -0.2) is 9.19 Å². The summed E-state index contributed by atoms with van der Waals surface area (Å²) in [4.78, 5) is 19.4. The lowest BCUT2D eigenvalue weighted by molar-refractivity contribution is -0.136. The first-order chi connectivity index (χ1) is 16.4. The number of halogens is 1. The van der Waals surface area contributed by atoms with Crippen LogP contribution in [0.1, 0.15) is 21.3 Å². The van der Waals surface area contributed by atoms with E-state index in [1.807, 2.05) is 52.5 Å². The number of hydrogen-bond acceptors (Lipinski definition) is 5. The van der Waals surface area contributed by atoms with Crippen molar-refractivity contribution < 1.29 is 22.4 Å². The summed E-state index contributed by atoms with van der Waals surface area (Å²) in [6.07, 6.45) is 4.40. The van der Waals surface area contributed by atoms with Crippen LogP contribution in [0, 0.1) is 0 Å². The van der Waals surface area contributed by atoms with Gasteiger partial charge in [0.2, 0.25) is 5.91 Å². The van der Waals surface area contributed by atoms with E-state index in [1.165, 1.54) is 11.3 Å². The maximum absolute atomic E-state index is 13.0. The third kappa shape index (κ3) is 5.26. The van der Waals surface area contributed by atoms with E-state index in [1.54, 1.807) is 23.2 Å². The Labute approximate surface area is 217 Å². The Morgan fingerprint density at radius 3 is 2.63 bits per heavy atom. The number of aliphatic hydroxyl groups is 1. The van der Waals surface area contributed by atoms with Crippen molar-refractivity contribution in [2.45, 2.75) is 29.9 Å². The van der Waals surface area contributed by atoms with Crippen molar-refractivity contribution in [3.63, 3.8) is 0 Å². The van der Waals surface area contributed by atoms with Crippen molar-refractivity contribution >= 4 is 55.9 Å². The molecule has 4 aromatic rings. The molecule has 188 valence electrons. The molecule has 1 atom stereocenters. The summed E-state index contributed by atoms with van der Waals surface area (Å²) in [6.45, 7) is 1.13. The Hall–Kier alpha value is -2.76. The molecular weight excluding hydrogens is 508 g/mol. The summed E-state index contributed by atoms with van der Waals surface area (Å²) in [5.74, 6) is -0.00141. The standard InChI is InChI=1S/C24H23ClN4O3S2.H2O.2H2/c25-20-3-1-2-17-8-12-29(22(17)20)16-21(30)28-13-9-24(31,10-14-28)18-4-6-19(7-5-18)34(32)27-23-26-11-15-33-23;;;/h1-8,11-12,15,31H,9-10,13-14,16H2,(H,26,27);1H2;2*1H. The van der Waals surface area contributed by atoms with Crippen LogP contribution in [0.2, 0.25) is 5.02 Å². The molecule has 5 rings (SSSR count). The number of likely N-dealkylation sites (tertiary alicyclic amines) is 1. The minimum Gasteiger partial charge on any atom is -0.412 e. The van der Waals surface area contributed by atoms with Gasteiger partial charge in [-0.15, -0.1) is 11.3 Å². The van der Waals surface area contributed by atoms with Gasteiger partial charge >= 0.3 is 0 Å². The molecule has 0 radical (unpaired) electrons. The Balaban J connectivity index is 0.00000160. The van der Waals surface area contributed by atoms with Crippen LogP contribution >= 0.6 is 22.9 Å². The zero-order valence-corrected chi connectivity index (χ0v) is 21.1. The molecule has 1 unspecified atom stereocenters. The van der Waals surface area contributed by atoms with Gasteiger partial charge in [-0.1, -0.05) is 35.9 Å². The van der Waals surface area contributed by atoms with Crippen LogP contribution in [0.3, 0.4) is 0 Å². The summed E-state index contributed by atoms with van der Waals surface area (Å²) in [6, 6.07) is 14.8. The first kappa shape index (κ1) is 25.3. The minimum atomic E-state index is -1.43. The number of carbonyl (C=O) groups excluding carboxylic acids is 1. The van der Waals surface area contributed by atoms with Crippen LogP contribution < -0.4 is 4.72 Å². The lowest BCUT2D eigenvalue weighted by atomic mass is 9.84. The molecule has 0 bridgehead atoms. The highest BCUT2D eigenvalue weighted by molar-refractivity contribution is 7.86. The first-order valence-electron chi connectivity index (χ1n) is 10.8. The normalized spacial score (nSPS) is 16.0. The number of benzene rings is 2. The fourth-order valence-electron chi connectivity index (χ4n) is 4.31. The Morgan fingerprint density at radius 1 is 1.20 bits per heavy atom. The fourth-order valence-corrected chi connectivity index (χ4v) is 6.10. The highest BCUT2D eigenvalue weighted by Gasteiger charge is 2.35. The molecule has 1 fully saturated rings. The molecule has 8 nitrogen and oxygen atoms in total. The molecule has 0 spiro atoms. The zero-order chi connectivity index (χ0) is 23.7. The molecule has 3 heterocycles. The molecule has 0 aliphatic carbocycles. The van der Waals surface area contributed by atoms with Crippen molar-refractivity contribution in [1.29, 1.82) is 0 Å². The number of hydrogen-bond donors (Lipinski definition) is 2. The fraction of sp³-hybridized carbons (Fsp3) is 0.250. The summed E-state index contributed by atoms with van der Waals surface area (Å²) in [7, 11) is -1.43. The van der Waals surface area contributed by atoms with Crippen molar-refractivity contribution in [2.75, 3.05) is 17.8 Å². The van der Waals surface area contributed by atoms with Gasteiger partial charge in [0.05, 0.1) is 21.0 Å². The number of amides is 1. The molecule has 0 saturated carbocycles. The Morgan fingerprint density at radius 2 is 1.94 bits per heavy atom. The Kier molecular flexibility index (Phi) is 7.58. The number of fused-ring (bicyclic) bond motifs is 1. The van der Waals surface area contributed by atoms with Crippen LogP contribution in [-0.4, -0.2) is 48.2 Å². The molecule has 35 heavy (non-hydrogen) atoms. The van der Waals surface area contributed by atoms with E-state index in [9.17, 15) is 14.1 Å². The van der Waals surface area contributed by atoms with Gasteiger partial charge in [-0.05, 0) is 42.7 Å². The van der Waals surface area contributed by atoms with E-state index in [0.717, 1.165) is 16.5 Å². The van der Waals surface area contributed by atoms with Crippen molar-refractivity contribution in [3.05, 3.63) is 76.9 Å². The first-order valence-corrected chi connectivity index (χ1v) is 13.3. The second kappa shape index (κ2) is 10.5. The van der Waals surface area contributed by atoms with Gasteiger partial charge < -0.3 is 20.0 Å². The zero-order valence-electron chi connectivity index (χ0n) is 18.7. The molecule has 4 N–H and O–H groups in total. The predicted molar refractivity (Wildman–Crippen MR) is 143 cm³/mol. The van der Waals surface area contributed by atoms with Crippen LogP contribution in [0.15, 0.2) is 71.2 Å². The van der Waals surface area contributed by atoms with E-state index in [0.29, 0.717) is 41.0 Å². The molecule has 2 aromatic carbocycles. The number of piperidine rings is 1.